The van der Waals surface area contributed by atoms with Crippen molar-refractivity contribution in [3.05, 3.63) is 38.5 Å². The van der Waals surface area contributed by atoms with Crippen molar-refractivity contribution in [3.63, 3.8) is 0 Å². The zero-order valence-corrected chi connectivity index (χ0v) is 19.7. The van der Waals surface area contributed by atoms with Crippen molar-refractivity contribution in [2.45, 2.75) is 45.4 Å². The molecular weight excluding hydrogens is 458 g/mol. The van der Waals surface area contributed by atoms with Crippen molar-refractivity contribution in [3.8, 4) is 17.2 Å². The van der Waals surface area contributed by atoms with Gasteiger partial charge in [-0.3, -0.25) is 4.90 Å². The van der Waals surface area contributed by atoms with Crippen molar-refractivity contribution in [2.24, 2.45) is 0 Å². The van der Waals surface area contributed by atoms with E-state index in [4.69, 9.17) is 18.9 Å². The lowest BCUT2D eigenvalue weighted by Gasteiger charge is -2.35. The van der Waals surface area contributed by atoms with Crippen LogP contribution in [0.25, 0.3) is 0 Å². The van der Waals surface area contributed by atoms with Gasteiger partial charge in [-0.15, -0.1) is 11.3 Å². The molecule has 0 radical (unpaired) electrons. The molecule has 1 aliphatic rings. The number of halogens is 1. The average Bonchev–Trinajstić information content (AvgIpc) is 3.04. The molecule has 0 aliphatic carbocycles. The maximum Gasteiger partial charge on any atom is 0.410 e. The molecule has 1 amide bonds. The molecule has 1 aromatic heterocycles. The zero-order chi connectivity index (χ0) is 21.2. The van der Waals surface area contributed by atoms with Crippen LogP contribution in [0.2, 0.25) is 0 Å². The molecule has 1 unspecified atom stereocenters. The van der Waals surface area contributed by atoms with Crippen LogP contribution >= 0.6 is 27.3 Å². The van der Waals surface area contributed by atoms with Crippen LogP contribution in [0.4, 0.5) is 4.79 Å². The first-order valence-electron chi connectivity index (χ1n) is 9.31. The lowest BCUT2D eigenvalue weighted by Crippen LogP contribution is -2.47. The van der Waals surface area contributed by atoms with Crippen LogP contribution in [0.1, 0.15) is 31.2 Å². The minimum Gasteiger partial charge on any atom is -0.497 e. The Bertz CT molecular complexity index is 876. The van der Waals surface area contributed by atoms with E-state index in [9.17, 15) is 4.79 Å². The molecule has 1 atom stereocenters. The number of nitrogens with zero attached hydrogens (tertiary/aromatic N) is 1. The molecule has 0 bridgehead atoms. The van der Waals surface area contributed by atoms with Gasteiger partial charge >= 0.3 is 6.09 Å². The van der Waals surface area contributed by atoms with Crippen molar-refractivity contribution in [2.75, 3.05) is 20.8 Å². The van der Waals surface area contributed by atoms with Crippen LogP contribution in [-0.4, -0.2) is 43.5 Å². The van der Waals surface area contributed by atoms with E-state index in [2.05, 4.69) is 15.9 Å². The highest BCUT2D eigenvalue weighted by molar-refractivity contribution is 9.10. The Balaban J connectivity index is 1.89. The number of amides is 1. The Hall–Kier alpha value is -1.93. The van der Waals surface area contributed by atoms with Gasteiger partial charge in [-0.25, -0.2) is 4.79 Å². The smallest absolute Gasteiger partial charge is 0.410 e. The summed E-state index contributed by atoms with van der Waals surface area (Å²) in [7, 11) is 3.22. The third-order valence-corrected chi connectivity index (χ3v) is 6.40. The number of hydrogen-bond acceptors (Lipinski definition) is 6. The SMILES string of the molecule is COc1ccc(CN(C(=O)OC(C)(C)C)C2COc3c(Br)csc3C2)c(OC)c1. The quantitative estimate of drug-likeness (QED) is 0.579. The number of hydrogen-bond donors (Lipinski definition) is 0. The number of benzene rings is 1. The van der Waals surface area contributed by atoms with Crippen LogP contribution in [0, 0.1) is 0 Å². The minimum absolute atomic E-state index is 0.144. The first kappa shape index (κ1) is 21.8. The van der Waals surface area contributed by atoms with Crippen molar-refractivity contribution in [1.29, 1.82) is 0 Å². The second-order valence-corrected chi connectivity index (χ2v) is 9.61. The van der Waals surface area contributed by atoms with E-state index >= 15 is 0 Å². The van der Waals surface area contributed by atoms with E-state index in [0.29, 0.717) is 31.1 Å². The van der Waals surface area contributed by atoms with Crippen LogP contribution in [0.15, 0.2) is 28.1 Å². The van der Waals surface area contributed by atoms with Crippen molar-refractivity contribution in [1.82, 2.24) is 4.90 Å². The topological polar surface area (TPSA) is 57.2 Å². The molecule has 1 aliphatic heterocycles. The minimum atomic E-state index is -0.591. The average molecular weight is 484 g/mol. The number of carbonyl (C=O) groups excluding carboxylic acids is 1. The van der Waals surface area contributed by atoms with Crippen LogP contribution in [0.5, 0.6) is 17.2 Å². The van der Waals surface area contributed by atoms with Gasteiger partial charge in [-0.2, -0.15) is 0 Å². The third-order valence-electron chi connectivity index (χ3n) is 4.52. The number of ether oxygens (including phenoxy) is 4. The Morgan fingerprint density at radius 1 is 1.31 bits per heavy atom. The fourth-order valence-electron chi connectivity index (χ4n) is 3.14. The largest absolute Gasteiger partial charge is 0.497 e. The van der Waals surface area contributed by atoms with Gasteiger partial charge in [0, 0.05) is 28.3 Å². The highest BCUT2D eigenvalue weighted by Crippen LogP contribution is 2.39. The molecule has 0 spiro atoms. The molecule has 8 heteroatoms. The second kappa shape index (κ2) is 8.83. The van der Waals surface area contributed by atoms with Gasteiger partial charge in [-0.1, -0.05) is 0 Å². The predicted octanol–water partition coefficient (Wildman–Crippen LogP) is 5.27. The summed E-state index contributed by atoms with van der Waals surface area (Å²) in [6.45, 7) is 6.34. The standard InChI is InChI=1S/C21H26BrNO5S/c1-21(2,3)28-20(24)23(10-13-6-7-15(25-4)9-17(13)26-5)14-8-18-19(27-11-14)16(22)12-29-18/h6-7,9,12,14H,8,10-11H2,1-5H3. The molecule has 2 aromatic rings. The molecule has 0 saturated heterocycles. The van der Waals surface area contributed by atoms with Gasteiger partial charge in [0.2, 0.25) is 0 Å². The molecule has 0 N–H and O–H groups in total. The van der Waals surface area contributed by atoms with Crippen molar-refractivity contribution >= 4 is 33.4 Å². The van der Waals surface area contributed by atoms with Crippen LogP contribution in [-0.2, 0) is 17.7 Å². The summed E-state index contributed by atoms with van der Waals surface area (Å²) in [5.41, 5.74) is 0.281. The Morgan fingerprint density at radius 3 is 2.72 bits per heavy atom. The maximum atomic E-state index is 13.1. The highest BCUT2D eigenvalue weighted by atomic mass is 79.9. The van der Waals surface area contributed by atoms with E-state index in [0.717, 1.165) is 20.7 Å². The zero-order valence-electron chi connectivity index (χ0n) is 17.3. The number of methoxy groups -OCH3 is 2. The van der Waals surface area contributed by atoms with Gasteiger partial charge in [0.05, 0.1) is 31.3 Å². The fraction of sp³-hybridized carbons (Fsp3) is 0.476. The van der Waals surface area contributed by atoms with Crippen molar-refractivity contribution < 1.29 is 23.7 Å². The summed E-state index contributed by atoms with van der Waals surface area (Å²) in [5, 5.41) is 2.01. The van der Waals surface area contributed by atoms with Gasteiger partial charge in [-0.05, 0) is 48.8 Å². The molecule has 6 nitrogen and oxygen atoms in total. The van der Waals surface area contributed by atoms with E-state index in [-0.39, 0.29) is 12.1 Å². The highest BCUT2D eigenvalue weighted by Gasteiger charge is 2.34. The number of fused-ring (bicyclic) bond motifs is 1. The lowest BCUT2D eigenvalue weighted by atomic mass is 10.1. The van der Waals surface area contributed by atoms with E-state index in [1.165, 1.54) is 0 Å². The maximum absolute atomic E-state index is 13.1. The molecular formula is C21H26BrNO5S. The molecule has 29 heavy (non-hydrogen) atoms. The summed E-state index contributed by atoms with van der Waals surface area (Å²) in [6.07, 6.45) is 0.339. The summed E-state index contributed by atoms with van der Waals surface area (Å²) in [4.78, 5) is 15.9. The molecule has 0 fully saturated rings. The fourth-order valence-corrected chi connectivity index (χ4v) is 4.82. The summed E-state index contributed by atoms with van der Waals surface area (Å²) < 4.78 is 23.4. The first-order valence-corrected chi connectivity index (χ1v) is 11.0. The number of thiophene rings is 1. The van der Waals surface area contributed by atoms with E-state index < -0.39 is 5.60 Å². The summed E-state index contributed by atoms with van der Waals surface area (Å²) >= 11 is 5.14. The number of rotatable bonds is 5. The Kier molecular flexibility index (Phi) is 6.63. The Labute approximate surface area is 183 Å². The second-order valence-electron chi connectivity index (χ2n) is 7.79. The first-order chi connectivity index (χ1) is 13.7. The van der Waals surface area contributed by atoms with Gasteiger partial charge in [0.25, 0.3) is 0 Å². The van der Waals surface area contributed by atoms with Gasteiger partial charge in [0.1, 0.15) is 29.5 Å². The van der Waals surface area contributed by atoms with Crippen LogP contribution < -0.4 is 14.2 Å². The number of carbonyl (C=O) groups is 1. The molecule has 158 valence electrons. The molecule has 3 rings (SSSR count). The summed E-state index contributed by atoms with van der Waals surface area (Å²) in [6, 6.07) is 5.44. The van der Waals surface area contributed by atoms with Gasteiger partial charge in [0.15, 0.2) is 0 Å². The lowest BCUT2D eigenvalue weighted by molar-refractivity contribution is 0.00658. The normalized spacial score (nSPS) is 15.9. The Morgan fingerprint density at radius 2 is 2.07 bits per heavy atom. The van der Waals surface area contributed by atoms with E-state index in [1.54, 1.807) is 30.5 Å². The predicted molar refractivity (Wildman–Crippen MR) is 116 cm³/mol. The third kappa shape index (κ3) is 5.17. The molecule has 0 saturated carbocycles. The van der Waals surface area contributed by atoms with Gasteiger partial charge < -0.3 is 18.9 Å². The molecule has 1 aromatic carbocycles. The summed E-state index contributed by atoms with van der Waals surface area (Å²) in [5.74, 6) is 2.23. The van der Waals surface area contributed by atoms with E-state index in [1.807, 2.05) is 44.4 Å². The monoisotopic (exact) mass is 483 g/mol. The molecule has 2 heterocycles. The van der Waals surface area contributed by atoms with Crippen LogP contribution in [0.3, 0.4) is 0 Å².